The van der Waals surface area contributed by atoms with Gasteiger partial charge in [0.15, 0.2) is 0 Å². The molecule has 0 radical (unpaired) electrons. The molecule has 1 heterocycles. The lowest BCUT2D eigenvalue weighted by Gasteiger charge is -2.33. The summed E-state index contributed by atoms with van der Waals surface area (Å²) in [5, 5.41) is 3.08. The van der Waals surface area contributed by atoms with Gasteiger partial charge in [-0.15, -0.1) is 0 Å². The lowest BCUT2D eigenvalue weighted by molar-refractivity contribution is -0.122. The Hall–Kier alpha value is -1.46. The molecule has 1 amide bonds. The SMILES string of the molecule is CCN1CCN(CCC(=O)NC2CCc3c(F)cccc32)CC1. The zero-order valence-electron chi connectivity index (χ0n) is 13.9. The van der Waals surface area contributed by atoms with E-state index in [1.807, 2.05) is 6.07 Å². The molecule has 0 aromatic heterocycles. The smallest absolute Gasteiger partial charge is 0.221 e. The highest BCUT2D eigenvalue weighted by Crippen LogP contribution is 2.32. The number of likely N-dealkylation sites (N-methyl/N-ethyl adjacent to an activating group) is 1. The van der Waals surface area contributed by atoms with Gasteiger partial charge in [0, 0.05) is 39.1 Å². The fraction of sp³-hybridized carbons (Fsp3) is 0.611. The number of amides is 1. The number of hydrogen-bond donors (Lipinski definition) is 1. The van der Waals surface area contributed by atoms with E-state index in [-0.39, 0.29) is 17.8 Å². The summed E-state index contributed by atoms with van der Waals surface area (Å²) < 4.78 is 13.7. The molecule has 1 aromatic carbocycles. The zero-order chi connectivity index (χ0) is 16.2. The second-order valence-corrected chi connectivity index (χ2v) is 6.49. The fourth-order valence-corrected chi connectivity index (χ4v) is 3.61. The number of piperazine rings is 1. The summed E-state index contributed by atoms with van der Waals surface area (Å²) in [6.45, 7) is 8.36. The minimum atomic E-state index is -0.145. The van der Waals surface area contributed by atoms with Gasteiger partial charge in [-0.3, -0.25) is 4.79 Å². The van der Waals surface area contributed by atoms with Gasteiger partial charge in [0.1, 0.15) is 5.82 Å². The minimum Gasteiger partial charge on any atom is -0.349 e. The lowest BCUT2D eigenvalue weighted by atomic mass is 10.1. The predicted molar refractivity (Wildman–Crippen MR) is 88.8 cm³/mol. The molecule has 0 saturated carbocycles. The number of halogens is 1. The molecule has 1 N–H and O–H groups in total. The molecule has 126 valence electrons. The first-order valence-electron chi connectivity index (χ1n) is 8.68. The largest absolute Gasteiger partial charge is 0.349 e. The number of hydrogen-bond acceptors (Lipinski definition) is 3. The first-order valence-corrected chi connectivity index (χ1v) is 8.68. The van der Waals surface area contributed by atoms with Crippen molar-refractivity contribution < 1.29 is 9.18 Å². The fourth-order valence-electron chi connectivity index (χ4n) is 3.61. The van der Waals surface area contributed by atoms with Crippen LogP contribution in [0.3, 0.4) is 0 Å². The molecule has 3 rings (SSSR count). The van der Waals surface area contributed by atoms with Crippen LogP contribution in [0.15, 0.2) is 18.2 Å². The molecule has 1 aliphatic carbocycles. The Morgan fingerprint density at radius 3 is 2.74 bits per heavy atom. The van der Waals surface area contributed by atoms with Crippen molar-refractivity contribution in [1.82, 2.24) is 15.1 Å². The molecule has 23 heavy (non-hydrogen) atoms. The van der Waals surface area contributed by atoms with E-state index in [0.29, 0.717) is 12.8 Å². The topological polar surface area (TPSA) is 35.6 Å². The van der Waals surface area contributed by atoms with Gasteiger partial charge in [0.25, 0.3) is 0 Å². The molecular weight excluding hydrogens is 293 g/mol. The second kappa shape index (κ2) is 7.41. The van der Waals surface area contributed by atoms with Crippen LogP contribution in [0.25, 0.3) is 0 Å². The molecular formula is C18H26FN3O. The summed E-state index contributed by atoms with van der Waals surface area (Å²) in [4.78, 5) is 17.0. The maximum Gasteiger partial charge on any atom is 0.221 e. The van der Waals surface area contributed by atoms with Crippen molar-refractivity contribution in [2.75, 3.05) is 39.3 Å². The van der Waals surface area contributed by atoms with E-state index in [0.717, 1.165) is 56.8 Å². The lowest BCUT2D eigenvalue weighted by Crippen LogP contribution is -2.47. The number of benzene rings is 1. The van der Waals surface area contributed by atoms with Crippen LogP contribution in [0.5, 0.6) is 0 Å². The van der Waals surface area contributed by atoms with Gasteiger partial charge < -0.3 is 15.1 Å². The summed E-state index contributed by atoms with van der Waals surface area (Å²) in [5.74, 6) is -0.0712. The highest BCUT2D eigenvalue weighted by Gasteiger charge is 2.26. The minimum absolute atomic E-state index is 0.0230. The standard InChI is InChI=1S/C18H26FN3O/c1-2-21-10-12-22(13-11-21)9-8-18(23)20-17-7-6-14-15(17)4-3-5-16(14)19/h3-5,17H,2,6-13H2,1H3,(H,20,23). The van der Waals surface area contributed by atoms with Gasteiger partial charge in [0.05, 0.1) is 6.04 Å². The Morgan fingerprint density at radius 2 is 2.00 bits per heavy atom. The van der Waals surface area contributed by atoms with Crippen molar-refractivity contribution in [2.45, 2.75) is 32.2 Å². The number of carbonyl (C=O) groups excluding carboxylic acids is 1. The third kappa shape index (κ3) is 3.90. The summed E-state index contributed by atoms with van der Waals surface area (Å²) in [6, 6.07) is 5.13. The number of carbonyl (C=O) groups is 1. The van der Waals surface area contributed by atoms with Crippen molar-refractivity contribution in [3.8, 4) is 0 Å². The summed E-state index contributed by atoms with van der Waals surface area (Å²) in [7, 11) is 0. The molecule has 4 nitrogen and oxygen atoms in total. The van der Waals surface area contributed by atoms with Crippen LogP contribution >= 0.6 is 0 Å². The Kier molecular flexibility index (Phi) is 5.28. The van der Waals surface area contributed by atoms with Crippen LogP contribution in [-0.4, -0.2) is 55.0 Å². The van der Waals surface area contributed by atoms with Gasteiger partial charge in [-0.2, -0.15) is 0 Å². The maximum atomic E-state index is 13.7. The van der Waals surface area contributed by atoms with Gasteiger partial charge in [-0.05, 0) is 36.6 Å². The summed E-state index contributed by atoms with van der Waals surface area (Å²) in [6.07, 6.45) is 2.04. The first kappa shape index (κ1) is 16.4. The monoisotopic (exact) mass is 319 g/mol. The molecule has 0 bridgehead atoms. The quantitative estimate of drug-likeness (QED) is 0.901. The second-order valence-electron chi connectivity index (χ2n) is 6.49. The van der Waals surface area contributed by atoms with Gasteiger partial charge in [-0.25, -0.2) is 4.39 Å². The Labute approximate surface area is 137 Å². The van der Waals surface area contributed by atoms with E-state index in [4.69, 9.17) is 0 Å². The van der Waals surface area contributed by atoms with Gasteiger partial charge in [-0.1, -0.05) is 19.1 Å². The first-order chi connectivity index (χ1) is 11.2. The third-order valence-electron chi connectivity index (χ3n) is 5.12. The van der Waals surface area contributed by atoms with Crippen LogP contribution in [-0.2, 0) is 11.2 Å². The Morgan fingerprint density at radius 1 is 1.26 bits per heavy atom. The molecule has 1 atom stereocenters. The van der Waals surface area contributed by atoms with Gasteiger partial charge in [0.2, 0.25) is 5.91 Å². The van der Waals surface area contributed by atoms with Crippen LogP contribution < -0.4 is 5.32 Å². The normalized spacial score (nSPS) is 22.1. The van der Waals surface area contributed by atoms with E-state index < -0.39 is 0 Å². The van der Waals surface area contributed by atoms with Crippen molar-refractivity contribution in [2.24, 2.45) is 0 Å². The predicted octanol–water partition coefficient (Wildman–Crippen LogP) is 1.96. The van der Waals surface area contributed by atoms with Crippen LogP contribution in [0.1, 0.15) is 36.9 Å². The molecule has 1 unspecified atom stereocenters. The van der Waals surface area contributed by atoms with E-state index in [1.165, 1.54) is 6.07 Å². The van der Waals surface area contributed by atoms with E-state index in [1.54, 1.807) is 6.07 Å². The van der Waals surface area contributed by atoms with Crippen LogP contribution in [0.4, 0.5) is 4.39 Å². The van der Waals surface area contributed by atoms with Crippen molar-refractivity contribution in [3.05, 3.63) is 35.1 Å². The molecule has 2 aliphatic rings. The summed E-state index contributed by atoms with van der Waals surface area (Å²) in [5.41, 5.74) is 1.73. The number of nitrogens with zero attached hydrogens (tertiary/aromatic N) is 2. The maximum absolute atomic E-state index is 13.7. The highest BCUT2D eigenvalue weighted by atomic mass is 19.1. The number of fused-ring (bicyclic) bond motifs is 1. The van der Waals surface area contributed by atoms with Gasteiger partial charge >= 0.3 is 0 Å². The molecule has 0 spiro atoms. The Balaban J connectivity index is 1.45. The Bertz CT molecular complexity index is 555. The molecule has 1 aromatic rings. The molecule has 1 fully saturated rings. The molecule has 1 saturated heterocycles. The zero-order valence-corrected chi connectivity index (χ0v) is 13.9. The van der Waals surface area contributed by atoms with Crippen LogP contribution in [0, 0.1) is 5.82 Å². The molecule has 5 heteroatoms. The van der Waals surface area contributed by atoms with Crippen molar-refractivity contribution >= 4 is 5.91 Å². The average Bonchev–Trinajstić information content (AvgIpc) is 2.98. The van der Waals surface area contributed by atoms with E-state index in [2.05, 4.69) is 22.0 Å². The number of rotatable bonds is 5. The van der Waals surface area contributed by atoms with E-state index in [9.17, 15) is 9.18 Å². The van der Waals surface area contributed by atoms with Crippen molar-refractivity contribution in [3.63, 3.8) is 0 Å². The third-order valence-corrected chi connectivity index (χ3v) is 5.12. The summed E-state index contributed by atoms with van der Waals surface area (Å²) >= 11 is 0. The highest BCUT2D eigenvalue weighted by molar-refractivity contribution is 5.76. The van der Waals surface area contributed by atoms with E-state index >= 15 is 0 Å². The molecule has 1 aliphatic heterocycles. The number of nitrogens with one attached hydrogen (secondary N) is 1. The average molecular weight is 319 g/mol. The van der Waals surface area contributed by atoms with Crippen molar-refractivity contribution in [1.29, 1.82) is 0 Å². The van der Waals surface area contributed by atoms with Crippen LogP contribution in [0.2, 0.25) is 0 Å².